The van der Waals surface area contributed by atoms with Gasteiger partial charge in [-0.2, -0.15) is 0 Å². The zero-order chi connectivity index (χ0) is 15.4. The molecule has 2 aliphatic carbocycles. The maximum absolute atomic E-state index is 12.2. The fourth-order valence-corrected chi connectivity index (χ4v) is 3.58. The number of aryl methyl sites for hydroxylation is 1. The molecule has 0 heterocycles. The van der Waals surface area contributed by atoms with Crippen molar-refractivity contribution in [3.05, 3.63) is 35.4 Å². The third kappa shape index (κ3) is 3.50. The van der Waals surface area contributed by atoms with Crippen LogP contribution < -0.4 is 5.32 Å². The lowest BCUT2D eigenvalue weighted by Crippen LogP contribution is -2.42. The summed E-state index contributed by atoms with van der Waals surface area (Å²) in [7, 11) is 0. The average Bonchev–Trinajstić information content (AvgIpc) is 2.89. The summed E-state index contributed by atoms with van der Waals surface area (Å²) in [4.78, 5) is 14.3. The van der Waals surface area contributed by atoms with Crippen LogP contribution in [0.5, 0.6) is 0 Å². The Morgan fingerprint density at radius 3 is 2.82 bits per heavy atom. The maximum atomic E-state index is 12.2. The molecule has 0 spiro atoms. The fraction of sp³-hybridized carbons (Fsp3) is 0.611. The van der Waals surface area contributed by atoms with Crippen molar-refractivity contribution >= 4 is 5.91 Å². The number of carbonyl (C=O) groups excluding carboxylic acids is 1. The van der Waals surface area contributed by atoms with E-state index in [0.717, 1.165) is 19.4 Å². The standard InChI is InChI=1S/C18H26N2O2/c21-11-10-20(13-18(22)19-12-14-4-3-5-14)17-9-8-15-6-1-2-7-16(15)17/h1-2,6-7,14,17,21H,3-5,8-13H2,(H,19,22). The highest BCUT2D eigenvalue weighted by Gasteiger charge is 2.28. The average molecular weight is 302 g/mol. The van der Waals surface area contributed by atoms with E-state index in [9.17, 15) is 9.90 Å². The Morgan fingerprint density at radius 1 is 1.27 bits per heavy atom. The summed E-state index contributed by atoms with van der Waals surface area (Å²) in [5.41, 5.74) is 2.70. The number of rotatable bonds is 7. The highest BCUT2D eigenvalue weighted by molar-refractivity contribution is 5.78. The first-order valence-corrected chi connectivity index (χ1v) is 8.47. The second-order valence-corrected chi connectivity index (χ2v) is 6.55. The minimum absolute atomic E-state index is 0.0877. The number of hydrogen-bond acceptors (Lipinski definition) is 3. The molecule has 1 unspecified atom stereocenters. The van der Waals surface area contributed by atoms with Crippen molar-refractivity contribution in [1.29, 1.82) is 0 Å². The summed E-state index contributed by atoms with van der Waals surface area (Å²) >= 11 is 0. The molecule has 0 saturated heterocycles. The van der Waals surface area contributed by atoms with E-state index in [2.05, 4.69) is 34.5 Å². The summed E-state index contributed by atoms with van der Waals surface area (Å²) in [5.74, 6) is 0.771. The SMILES string of the molecule is O=C(CN(CCO)C1CCc2ccccc21)NCC1CCC1. The predicted octanol–water partition coefficient (Wildman–Crippen LogP) is 1.88. The normalized spacial score (nSPS) is 20.7. The van der Waals surface area contributed by atoms with Gasteiger partial charge in [0.15, 0.2) is 0 Å². The van der Waals surface area contributed by atoms with Crippen LogP contribution in [0.15, 0.2) is 24.3 Å². The van der Waals surface area contributed by atoms with Crippen LogP contribution in [-0.2, 0) is 11.2 Å². The van der Waals surface area contributed by atoms with Crippen molar-refractivity contribution < 1.29 is 9.90 Å². The Morgan fingerprint density at radius 2 is 2.09 bits per heavy atom. The molecule has 22 heavy (non-hydrogen) atoms. The highest BCUT2D eigenvalue weighted by Crippen LogP contribution is 2.35. The second kappa shape index (κ2) is 7.25. The third-order valence-electron chi connectivity index (χ3n) is 5.09. The highest BCUT2D eigenvalue weighted by atomic mass is 16.3. The van der Waals surface area contributed by atoms with E-state index in [4.69, 9.17) is 0 Å². The van der Waals surface area contributed by atoms with Gasteiger partial charge >= 0.3 is 0 Å². The van der Waals surface area contributed by atoms with Gasteiger partial charge in [-0.1, -0.05) is 30.7 Å². The van der Waals surface area contributed by atoms with Crippen LogP contribution in [-0.4, -0.2) is 42.2 Å². The van der Waals surface area contributed by atoms with Crippen LogP contribution >= 0.6 is 0 Å². The monoisotopic (exact) mass is 302 g/mol. The first-order chi connectivity index (χ1) is 10.8. The Labute approximate surface area is 132 Å². The van der Waals surface area contributed by atoms with E-state index in [1.807, 2.05) is 0 Å². The van der Waals surface area contributed by atoms with Crippen molar-refractivity contribution in [1.82, 2.24) is 10.2 Å². The lowest BCUT2D eigenvalue weighted by atomic mass is 9.85. The summed E-state index contributed by atoms with van der Waals surface area (Å²) in [5, 5.41) is 12.4. The quantitative estimate of drug-likeness (QED) is 0.808. The Balaban J connectivity index is 1.59. The lowest BCUT2D eigenvalue weighted by molar-refractivity contribution is -0.123. The zero-order valence-corrected chi connectivity index (χ0v) is 13.1. The molecule has 4 heteroatoms. The van der Waals surface area contributed by atoms with Gasteiger partial charge in [0.05, 0.1) is 13.2 Å². The van der Waals surface area contributed by atoms with E-state index >= 15 is 0 Å². The third-order valence-corrected chi connectivity index (χ3v) is 5.09. The van der Waals surface area contributed by atoms with Crippen molar-refractivity contribution in [2.45, 2.75) is 38.1 Å². The topological polar surface area (TPSA) is 52.6 Å². The molecule has 1 atom stereocenters. The van der Waals surface area contributed by atoms with Crippen molar-refractivity contribution in [2.75, 3.05) is 26.2 Å². The lowest BCUT2D eigenvalue weighted by Gasteiger charge is -2.29. The molecule has 1 aromatic carbocycles. The van der Waals surface area contributed by atoms with E-state index in [1.165, 1.54) is 30.4 Å². The molecule has 0 aliphatic heterocycles. The van der Waals surface area contributed by atoms with Crippen LogP contribution in [0.25, 0.3) is 0 Å². The maximum Gasteiger partial charge on any atom is 0.234 e. The first-order valence-electron chi connectivity index (χ1n) is 8.47. The Kier molecular flexibility index (Phi) is 5.11. The predicted molar refractivity (Wildman–Crippen MR) is 86.5 cm³/mol. The molecule has 2 aliphatic rings. The number of hydrogen-bond donors (Lipinski definition) is 2. The minimum atomic E-state index is 0.0877. The Bertz CT molecular complexity index is 514. The van der Waals surface area contributed by atoms with Gasteiger partial charge in [-0.25, -0.2) is 0 Å². The molecule has 1 amide bonds. The van der Waals surface area contributed by atoms with Gasteiger partial charge in [0.2, 0.25) is 5.91 Å². The molecule has 1 aromatic rings. The number of aliphatic hydroxyl groups excluding tert-OH is 1. The molecule has 0 bridgehead atoms. The number of nitrogens with one attached hydrogen (secondary N) is 1. The molecule has 3 rings (SSSR count). The summed E-state index contributed by atoms with van der Waals surface area (Å²) in [6.45, 7) is 1.84. The van der Waals surface area contributed by atoms with Crippen molar-refractivity contribution in [3.8, 4) is 0 Å². The van der Waals surface area contributed by atoms with E-state index < -0.39 is 0 Å². The van der Waals surface area contributed by atoms with E-state index in [0.29, 0.717) is 19.0 Å². The van der Waals surface area contributed by atoms with Crippen LogP contribution in [0.4, 0.5) is 0 Å². The van der Waals surface area contributed by atoms with Gasteiger partial charge in [-0.3, -0.25) is 9.69 Å². The van der Waals surface area contributed by atoms with Gasteiger partial charge in [0.25, 0.3) is 0 Å². The molecular weight excluding hydrogens is 276 g/mol. The van der Waals surface area contributed by atoms with Gasteiger partial charge in [0.1, 0.15) is 0 Å². The van der Waals surface area contributed by atoms with Gasteiger partial charge in [-0.15, -0.1) is 0 Å². The summed E-state index contributed by atoms with van der Waals surface area (Å²) < 4.78 is 0. The number of amides is 1. The van der Waals surface area contributed by atoms with Crippen LogP contribution in [0.2, 0.25) is 0 Å². The molecule has 0 aromatic heterocycles. The molecule has 2 N–H and O–H groups in total. The van der Waals surface area contributed by atoms with Gasteiger partial charge in [0, 0.05) is 19.1 Å². The van der Waals surface area contributed by atoms with Crippen molar-refractivity contribution in [2.24, 2.45) is 5.92 Å². The number of aliphatic hydroxyl groups is 1. The van der Waals surface area contributed by atoms with Gasteiger partial charge in [-0.05, 0) is 42.7 Å². The first kappa shape index (κ1) is 15.5. The van der Waals surface area contributed by atoms with Crippen molar-refractivity contribution in [3.63, 3.8) is 0 Å². The zero-order valence-electron chi connectivity index (χ0n) is 13.1. The summed E-state index contributed by atoms with van der Waals surface area (Å²) in [6.07, 6.45) is 5.89. The molecule has 0 radical (unpaired) electrons. The largest absolute Gasteiger partial charge is 0.395 e. The molecule has 1 fully saturated rings. The number of fused-ring (bicyclic) bond motifs is 1. The van der Waals surface area contributed by atoms with Gasteiger partial charge < -0.3 is 10.4 Å². The second-order valence-electron chi connectivity index (χ2n) is 6.55. The number of carbonyl (C=O) groups is 1. The molecule has 1 saturated carbocycles. The van der Waals surface area contributed by atoms with Crippen LogP contribution in [0.1, 0.15) is 42.9 Å². The fourth-order valence-electron chi connectivity index (χ4n) is 3.58. The number of nitrogens with zero attached hydrogens (tertiary/aromatic N) is 1. The van der Waals surface area contributed by atoms with E-state index in [-0.39, 0.29) is 18.6 Å². The minimum Gasteiger partial charge on any atom is -0.395 e. The smallest absolute Gasteiger partial charge is 0.234 e. The van der Waals surface area contributed by atoms with Crippen LogP contribution in [0.3, 0.4) is 0 Å². The van der Waals surface area contributed by atoms with E-state index in [1.54, 1.807) is 0 Å². The molecule has 120 valence electrons. The molecular formula is C18H26N2O2. The number of benzene rings is 1. The summed E-state index contributed by atoms with van der Waals surface area (Å²) in [6, 6.07) is 8.72. The Hall–Kier alpha value is -1.39. The van der Waals surface area contributed by atoms with Crippen LogP contribution in [0, 0.1) is 5.92 Å². The molecule has 4 nitrogen and oxygen atoms in total.